The Hall–Kier alpha value is -3.05. The van der Waals surface area contributed by atoms with Crippen LogP contribution in [0.15, 0.2) is 53.4 Å². The lowest BCUT2D eigenvalue weighted by Crippen LogP contribution is -2.50. The van der Waals surface area contributed by atoms with Crippen LogP contribution in [0.25, 0.3) is 16.9 Å². The minimum Gasteiger partial charge on any atom is -0.379 e. The highest BCUT2D eigenvalue weighted by atomic mass is 32.2. The van der Waals surface area contributed by atoms with Crippen LogP contribution in [-0.4, -0.2) is 86.5 Å². The summed E-state index contributed by atoms with van der Waals surface area (Å²) in [5.74, 6) is -0.511. The van der Waals surface area contributed by atoms with Gasteiger partial charge in [-0.05, 0) is 23.8 Å². The maximum absolute atomic E-state index is 13.5. The van der Waals surface area contributed by atoms with Crippen molar-refractivity contribution in [3.8, 4) is 16.9 Å². The summed E-state index contributed by atoms with van der Waals surface area (Å²) in [4.78, 5) is 17.8. The summed E-state index contributed by atoms with van der Waals surface area (Å²) in [6.07, 6.45) is 0.304. The molecule has 6 rings (SSSR count). The van der Waals surface area contributed by atoms with E-state index in [2.05, 4.69) is 17.0 Å². The summed E-state index contributed by atoms with van der Waals surface area (Å²) < 4.78 is 38.8. The summed E-state index contributed by atoms with van der Waals surface area (Å²) in [6.45, 7) is 4.50. The van der Waals surface area contributed by atoms with E-state index in [0.717, 1.165) is 25.3 Å². The van der Waals surface area contributed by atoms with E-state index in [9.17, 15) is 13.2 Å². The van der Waals surface area contributed by atoms with Gasteiger partial charge in [0.05, 0.1) is 41.3 Å². The van der Waals surface area contributed by atoms with Gasteiger partial charge in [-0.2, -0.15) is 5.10 Å². The molecule has 9 nitrogen and oxygen atoms in total. The number of amides is 1. The minimum absolute atomic E-state index is 0.195. The van der Waals surface area contributed by atoms with E-state index in [-0.39, 0.29) is 22.2 Å². The molecule has 3 aliphatic rings. The molecule has 3 aliphatic heterocycles. The number of aromatic nitrogens is 2. The number of sulfone groups is 1. The van der Waals surface area contributed by atoms with E-state index in [4.69, 9.17) is 14.6 Å². The monoisotopic (exact) mass is 508 g/mol. The standard InChI is InChI=1S/C26H28N4O5S/c1-34-20-15-28(16-20)14-18-6-8-19(9-7-18)30-25-21-4-2-3-5-23(21)36(32,33)17-22(25)24(27-30)26(31)29-10-12-35-13-11-29/h2-9,20H,10-17H2,1H3. The number of hydrogen-bond donors (Lipinski definition) is 0. The Kier molecular flexibility index (Phi) is 5.91. The first-order chi connectivity index (χ1) is 17.4. The lowest BCUT2D eigenvalue weighted by molar-refractivity contribution is -0.0333. The molecule has 0 unspecified atom stereocenters. The second-order valence-corrected chi connectivity index (χ2v) is 11.4. The van der Waals surface area contributed by atoms with Gasteiger partial charge in [0, 0.05) is 51.0 Å². The van der Waals surface area contributed by atoms with E-state index in [1.807, 2.05) is 18.2 Å². The van der Waals surface area contributed by atoms with Gasteiger partial charge in [-0.3, -0.25) is 9.69 Å². The number of likely N-dealkylation sites (tertiary alicyclic amines) is 1. The van der Waals surface area contributed by atoms with Gasteiger partial charge in [0.1, 0.15) is 0 Å². The Balaban J connectivity index is 1.41. The van der Waals surface area contributed by atoms with Crippen molar-refractivity contribution in [3.63, 3.8) is 0 Å². The predicted octanol–water partition coefficient (Wildman–Crippen LogP) is 2.13. The molecule has 1 amide bonds. The first kappa shape index (κ1) is 23.4. The normalized spacial score (nSPS) is 19.4. The van der Waals surface area contributed by atoms with Crippen LogP contribution in [0.4, 0.5) is 0 Å². The van der Waals surface area contributed by atoms with Gasteiger partial charge in [-0.1, -0.05) is 30.3 Å². The van der Waals surface area contributed by atoms with Crippen LogP contribution in [0, 0.1) is 0 Å². The number of nitrogens with zero attached hydrogens (tertiary/aromatic N) is 4. The molecule has 2 fully saturated rings. The van der Waals surface area contributed by atoms with E-state index in [0.29, 0.717) is 49.2 Å². The van der Waals surface area contributed by atoms with Crippen molar-refractivity contribution in [2.45, 2.75) is 23.3 Å². The van der Waals surface area contributed by atoms with E-state index in [1.165, 1.54) is 5.56 Å². The maximum atomic E-state index is 13.5. The number of ether oxygens (including phenoxy) is 2. The highest BCUT2D eigenvalue weighted by molar-refractivity contribution is 7.90. The number of morpholine rings is 1. The summed E-state index contributed by atoms with van der Waals surface area (Å²) in [7, 11) is -1.86. The molecule has 0 bridgehead atoms. The summed E-state index contributed by atoms with van der Waals surface area (Å²) >= 11 is 0. The number of hydrogen-bond acceptors (Lipinski definition) is 7. The van der Waals surface area contributed by atoms with Gasteiger partial charge >= 0.3 is 0 Å². The second-order valence-electron chi connectivity index (χ2n) is 9.47. The van der Waals surface area contributed by atoms with Crippen molar-refractivity contribution >= 4 is 15.7 Å². The zero-order valence-electron chi connectivity index (χ0n) is 20.1. The molecule has 0 radical (unpaired) electrons. The van der Waals surface area contributed by atoms with E-state index < -0.39 is 9.84 Å². The quantitative estimate of drug-likeness (QED) is 0.521. The topological polar surface area (TPSA) is 94.0 Å². The fraction of sp³-hybridized carbons (Fsp3) is 0.385. The van der Waals surface area contributed by atoms with Gasteiger partial charge in [0.15, 0.2) is 15.5 Å². The fourth-order valence-corrected chi connectivity index (χ4v) is 6.74. The van der Waals surface area contributed by atoms with Gasteiger partial charge in [-0.25, -0.2) is 13.1 Å². The third-order valence-corrected chi connectivity index (χ3v) is 8.83. The van der Waals surface area contributed by atoms with Crippen LogP contribution in [0.3, 0.4) is 0 Å². The van der Waals surface area contributed by atoms with Crippen molar-refractivity contribution in [3.05, 3.63) is 65.4 Å². The van der Waals surface area contributed by atoms with Gasteiger partial charge in [0.2, 0.25) is 0 Å². The number of rotatable bonds is 5. The molecule has 10 heteroatoms. The Morgan fingerprint density at radius 1 is 1.08 bits per heavy atom. The maximum Gasteiger partial charge on any atom is 0.274 e. The predicted molar refractivity (Wildman–Crippen MR) is 133 cm³/mol. The van der Waals surface area contributed by atoms with Crippen LogP contribution in [0.5, 0.6) is 0 Å². The minimum atomic E-state index is -3.60. The molecule has 188 valence electrons. The zero-order chi connectivity index (χ0) is 24.9. The molecule has 0 spiro atoms. The molecule has 4 heterocycles. The summed E-state index contributed by atoms with van der Waals surface area (Å²) in [6, 6.07) is 15.0. The molecule has 36 heavy (non-hydrogen) atoms. The number of benzene rings is 2. The smallest absolute Gasteiger partial charge is 0.274 e. The fourth-order valence-electron chi connectivity index (χ4n) is 5.14. The molecule has 0 N–H and O–H groups in total. The van der Waals surface area contributed by atoms with Crippen LogP contribution < -0.4 is 0 Å². The number of methoxy groups -OCH3 is 1. The van der Waals surface area contributed by atoms with Crippen molar-refractivity contribution in [2.24, 2.45) is 0 Å². The molecular weight excluding hydrogens is 480 g/mol. The molecular formula is C26H28N4O5S. The van der Waals surface area contributed by atoms with Gasteiger partial charge in [0.25, 0.3) is 5.91 Å². The van der Waals surface area contributed by atoms with Crippen molar-refractivity contribution in [2.75, 3.05) is 46.5 Å². The first-order valence-electron chi connectivity index (χ1n) is 12.1. The third kappa shape index (κ3) is 4.03. The summed E-state index contributed by atoms with van der Waals surface area (Å²) in [5.41, 5.74) is 3.84. The number of fused-ring (bicyclic) bond motifs is 3. The molecule has 0 saturated carbocycles. The average Bonchev–Trinajstić information content (AvgIpc) is 3.25. The number of carbonyl (C=O) groups excluding carboxylic acids is 1. The van der Waals surface area contributed by atoms with Crippen LogP contribution >= 0.6 is 0 Å². The SMILES string of the molecule is COC1CN(Cc2ccc(-n3nc(C(=O)N4CCOCC4)c4c3-c3ccccc3S(=O)(=O)C4)cc2)C1. The average molecular weight is 509 g/mol. The third-order valence-electron chi connectivity index (χ3n) is 7.14. The first-order valence-corrected chi connectivity index (χ1v) is 13.8. The van der Waals surface area contributed by atoms with E-state index >= 15 is 0 Å². The summed E-state index contributed by atoms with van der Waals surface area (Å²) in [5, 5.41) is 4.73. The van der Waals surface area contributed by atoms with Crippen LogP contribution in [0.2, 0.25) is 0 Å². The largest absolute Gasteiger partial charge is 0.379 e. The Labute approximate surface area is 210 Å². The Bertz CT molecular complexity index is 1400. The molecule has 1 aromatic heterocycles. The molecule has 0 atom stereocenters. The van der Waals surface area contributed by atoms with Gasteiger partial charge < -0.3 is 14.4 Å². The van der Waals surface area contributed by atoms with Crippen LogP contribution in [-0.2, 0) is 31.6 Å². The van der Waals surface area contributed by atoms with Crippen molar-refractivity contribution in [1.29, 1.82) is 0 Å². The Morgan fingerprint density at radius 3 is 2.53 bits per heavy atom. The molecule has 0 aliphatic carbocycles. The highest BCUT2D eigenvalue weighted by Gasteiger charge is 2.37. The highest BCUT2D eigenvalue weighted by Crippen LogP contribution is 2.40. The van der Waals surface area contributed by atoms with E-state index in [1.54, 1.807) is 34.9 Å². The molecule has 3 aromatic rings. The lowest BCUT2D eigenvalue weighted by Gasteiger charge is -2.38. The van der Waals surface area contributed by atoms with Crippen molar-refractivity contribution < 1.29 is 22.7 Å². The lowest BCUT2D eigenvalue weighted by atomic mass is 10.0. The number of carbonyl (C=O) groups is 1. The zero-order valence-corrected chi connectivity index (χ0v) is 20.9. The van der Waals surface area contributed by atoms with Crippen molar-refractivity contribution in [1.82, 2.24) is 19.6 Å². The molecule has 2 saturated heterocycles. The van der Waals surface area contributed by atoms with Gasteiger partial charge in [-0.15, -0.1) is 0 Å². The van der Waals surface area contributed by atoms with Crippen LogP contribution in [0.1, 0.15) is 21.6 Å². The second kappa shape index (κ2) is 9.11. The molecule has 2 aromatic carbocycles. The Morgan fingerprint density at radius 2 is 1.81 bits per heavy atom.